The number of sulfone groups is 1. The van der Waals surface area contributed by atoms with Crippen LogP contribution in [0.25, 0.3) is 10.8 Å². The summed E-state index contributed by atoms with van der Waals surface area (Å²) in [6.45, 7) is 0. The Hall–Kier alpha value is -1.46. The zero-order valence-corrected chi connectivity index (χ0v) is 12.7. The van der Waals surface area contributed by atoms with E-state index in [1.54, 1.807) is 6.20 Å². The molecule has 2 aromatic rings. The van der Waals surface area contributed by atoms with Crippen LogP contribution in [-0.2, 0) is 9.84 Å². The van der Waals surface area contributed by atoms with Crippen LogP contribution in [0.1, 0.15) is 24.6 Å². The number of hydrogen-bond acceptors (Lipinski definition) is 4. The quantitative estimate of drug-likeness (QED) is 0.887. The van der Waals surface area contributed by atoms with E-state index in [-0.39, 0.29) is 11.8 Å². The van der Waals surface area contributed by atoms with Crippen LogP contribution in [0.15, 0.2) is 36.5 Å². The third-order valence-electron chi connectivity index (χ3n) is 3.39. The molecule has 0 amide bonds. The Morgan fingerprint density at radius 2 is 2.00 bits per heavy atom. The van der Waals surface area contributed by atoms with E-state index in [2.05, 4.69) is 22.4 Å². The predicted molar refractivity (Wildman–Crippen MR) is 82.5 cm³/mol. The molecule has 4 nitrogen and oxygen atoms in total. The Labute approximate surface area is 120 Å². The molecule has 1 unspecified atom stereocenters. The van der Waals surface area contributed by atoms with Crippen molar-refractivity contribution in [2.75, 3.05) is 19.1 Å². The molecular weight excluding hydrogens is 272 g/mol. The van der Waals surface area contributed by atoms with E-state index >= 15 is 0 Å². The van der Waals surface area contributed by atoms with Crippen molar-refractivity contribution in [3.63, 3.8) is 0 Å². The van der Waals surface area contributed by atoms with Gasteiger partial charge in [-0.05, 0) is 31.3 Å². The zero-order chi connectivity index (χ0) is 14.6. The highest BCUT2D eigenvalue weighted by Gasteiger charge is 2.14. The van der Waals surface area contributed by atoms with Gasteiger partial charge in [0.05, 0.1) is 5.69 Å². The number of nitrogens with zero attached hydrogens (tertiary/aromatic N) is 1. The SMILES string of the molecule is CNC(CCCS(C)(=O)=O)c1nccc2ccccc12. The number of aromatic nitrogens is 1. The van der Waals surface area contributed by atoms with Gasteiger partial charge in [-0.2, -0.15) is 0 Å². The molecule has 2 rings (SSSR count). The van der Waals surface area contributed by atoms with Gasteiger partial charge in [0.1, 0.15) is 9.84 Å². The number of hydrogen-bond donors (Lipinski definition) is 1. The normalized spacial score (nSPS) is 13.5. The molecule has 1 aromatic heterocycles. The van der Waals surface area contributed by atoms with Crippen LogP contribution in [0, 0.1) is 0 Å². The second-order valence-electron chi connectivity index (χ2n) is 5.03. The van der Waals surface area contributed by atoms with Gasteiger partial charge >= 0.3 is 0 Å². The minimum Gasteiger partial charge on any atom is -0.312 e. The number of fused-ring (bicyclic) bond motifs is 1. The highest BCUT2D eigenvalue weighted by atomic mass is 32.2. The Bertz CT molecular complexity index is 678. The van der Waals surface area contributed by atoms with Gasteiger partial charge in [-0.3, -0.25) is 4.98 Å². The molecule has 0 saturated carbocycles. The van der Waals surface area contributed by atoms with E-state index < -0.39 is 9.84 Å². The van der Waals surface area contributed by atoms with Crippen molar-refractivity contribution in [1.82, 2.24) is 10.3 Å². The van der Waals surface area contributed by atoms with Crippen LogP contribution >= 0.6 is 0 Å². The van der Waals surface area contributed by atoms with Crippen molar-refractivity contribution in [3.8, 4) is 0 Å². The summed E-state index contributed by atoms with van der Waals surface area (Å²) in [5.41, 5.74) is 0.985. The van der Waals surface area contributed by atoms with Crippen LogP contribution in [0.2, 0.25) is 0 Å². The third-order valence-corrected chi connectivity index (χ3v) is 4.42. The maximum Gasteiger partial charge on any atom is 0.147 e. The Kier molecular flexibility index (Phi) is 4.73. The lowest BCUT2D eigenvalue weighted by Crippen LogP contribution is -2.19. The second kappa shape index (κ2) is 6.33. The van der Waals surface area contributed by atoms with E-state index in [1.807, 2.05) is 25.2 Å². The topological polar surface area (TPSA) is 59.1 Å². The molecule has 108 valence electrons. The first kappa shape index (κ1) is 14.9. The Morgan fingerprint density at radius 1 is 1.25 bits per heavy atom. The Balaban J connectivity index is 2.21. The summed E-state index contributed by atoms with van der Waals surface area (Å²) >= 11 is 0. The fourth-order valence-corrected chi connectivity index (χ4v) is 3.08. The van der Waals surface area contributed by atoms with Gasteiger partial charge < -0.3 is 5.32 Å². The molecule has 5 heteroatoms. The standard InChI is InChI=1S/C15H20N2O2S/c1-16-14(8-5-11-20(2,18)19)15-13-7-4-3-6-12(13)9-10-17-15/h3-4,6-7,9-10,14,16H,5,8,11H2,1-2H3. The molecule has 1 heterocycles. The maximum atomic E-state index is 11.2. The summed E-state index contributed by atoms with van der Waals surface area (Å²) < 4.78 is 22.4. The molecule has 0 saturated heterocycles. The van der Waals surface area contributed by atoms with E-state index in [9.17, 15) is 8.42 Å². The highest BCUT2D eigenvalue weighted by molar-refractivity contribution is 7.90. The molecular formula is C15H20N2O2S. The van der Waals surface area contributed by atoms with Gasteiger partial charge in [0.2, 0.25) is 0 Å². The van der Waals surface area contributed by atoms with Crippen LogP contribution in [0.3, 0.4) is 0 Å². The molecule has 1 aromatic carbocycles. The predicted octanol–water partition coefficient (Wildman–Crippen LogP) is 2.32. The first-order valence-electron chi connectivity index (χ1n) is 6.70. The average Bonchev–Trinajstić information content (AvgIpc) is 2.42. The fourth-order valence-electron chi connectivity index (χ4n) is 2.39. The number of benzene rings is 1. The van der Waals surface area contributed by atoms with Crippen molar-refractivity contribution in [2.24, 2.45) is 0 Å². The van der Waals surface area contributed by atoms with Crippen LogP contribution < -0.4 is 5.32 Å². The lowest BCUT2D eigenvalue weighted by atomic mass is 10.0. The zero-order valence-electron chi connectivity index (χ0n) is 11.8. The van der Waals surface area contributed by atoms with Crippen molar-refractivity contribution < 1.29 is 8.42 Å². The molecule has 0 aliphatic heterocycles. The smallest absolute Gasteiger partial charge is 0.147 e. The van der Waals surface area contributed by atoms with Gasteiger partial charge in [0.25, 0.3) is 0 Å². The summed E-state index contributed by atoms with van der Waals surface area (Å²) in [5.74, 6) is 0.218. The minimum absolute atomic E-state index is 0.0721. The average molecular weight is 292 g/mol. The van der Waals surface area contributed by atoms with Crippen molar-refractivity contribution in [1.29, 1.82) is 0 Å². The van der Waals surface area contributed by atoms with Crippen LogP contribution in [-0.4, -0.2) is 32.5 Å². The number of rotatable bonds is 6. The van der Waals surface area contributed by atoms with Gasteiger partial charge in [-0.15, -0.1) is 0 Å². The van der Waals surface area contributed by atoms with E-state index in [1.165, 1.54) is 6.26 Å². The summed E-state index contributed by atoms with van der Waals surface area (Å²) in [6.07, 6.45) is 4.47. The molecule has 0 fully saturated rings. The molecule has 0 bridgehead atoms. The molecule has 1 N–H and O–H groups in total. The molecule has 0 spiro atoms. The molecule has 0 aliphatic carbocycles. The van der Waals surface area contributed by atoms with Gasteiger partial charge in [-0.25, -0.2) is 8.42 Å². The highest BCUT2D eigenvalue weighted by Crippen LogP contribution is 2.24. The number of nitrogens with one attached hydrogen (secondary N) is 1. The lowest BCUT2D eigenvalue weighted by molar-refractivity contribution is 0.528. The van der Waals surface area contributed by atoms with E-state index in [4.69, 9.17) is 0 Å². The summed E-state index contributed by atoms with van der Waals surface area (Å²) in [6, 6.07) is 10.2. The maximum absolute atomic E-state index is 11.2. The first-order chi connectivity index (χ1) is 9.51. The van der Waals surface area contributed by atoms with Crippen molar-refractivity contribution in [2.45, 2.75) is 18.9 Å². The monoisotopic (exact) mass is 292 g/mol. The van der Waals surface area contributed by atoms with E-state index in [0.29, 0.717) is 6.42 Å². The largest absolute Gasteiger partial charge is 0.312 e. The summed E-state index contributed by atoms with van der Waals surface area (Å²) in [4.78, 5) is 4.48. The van der Waals surface area contributed by atoms with Crippen molar-refractivity contribution >= 4 is 20.6 Å². The minimum atomic E-state index is -2.90. The van der Waals surface area contributed by atoms with Gasteiger partial charge in [0.15, 0.2) is 0 Å². The van der Waals surface area contributed by atoms with Crippen LogP contribution in [0.5, 0.6) is 0 Å². The van der Waals surface area contributed by atoms with Gasteiger partial charge in [-0.1, -0.05) is 24.3 Å². The lowest BCUT2D eigenvalue weighted by Gasteiger charge is -2.17. The van der Waals surface area contributed by atoms with E-state index in [0.717, 1.165) is 22.9 Å². The molecule has 0 radical (unpaired) electrons. The first-order valence-corrected chi connectivity index (χ1v) is 8.76. The summed E-state index contributed by atoms with van der Waals surface area (Å²) in [7, 11) is -1.02. The van der Waals surface area contributed by atoms with Gasteiger partial charge in [0, 0.05) is 29.6 Å². The third kappa shape index (κ3) is 3.77. The molecule has 0 aliphatic rings. The summed E-state index contributed by atoms with van der Waals surface area (Å²) in [5, 5.41) is 5.51. The Morgan fingerprint density at radius 3 is 2.70 bits per heavy atom. The molecule has 20 heavy (non-hydrogen) atoms. The fraction of sp³-hybridized carbons (Fsp3) is 0.400. The number of pyridine rings is 1. The van der Waals surface area contributed by atoms with Crippen LogP contribution in [0.4, 0.5) is 0 Å². The van der Waals surface area contributed by atoms with Crippen molar-refractivity contribution in [3.05, 3.63) is 42.2 Å². The second-order valence-corrected chi connectivity index (χ2v) is 7.29. The molecule has 1 atom stereocenters.